The predicted molar refractivity (Wildman–Crippen MR) is 78.1 cm³/mol. The highest BCUT2D eigenvalue weighted by Crippen LogP contribution is 2.14. The molecule has 106 valence electrons. The van der Waals surface area contributed by atoms with Crippen LogP contribution in [0.2, 0.25) is 0 Å². The summed E-state index contributed by atoms with van der Waals surface area (Å²) in [5, 5.41) is 0. The summed E-state index contributed by atoms with van der Waals surface area (Å²) >= 11 is 0. The van der Waals surface area contributed by atoms with Gasteiger partial charge in [0.1, 0.15) is 5.75 Å². The van der Waals surface area contributed by atoms with E-state index < -0.39 is 0 Å². The maximum absolute atomic E-state index is 11.8. The van der Waals surface area contributed by atoms with Gasteiger partial charge in [-0.05, 0) is 18.6 Å². The number of hydrogen-bond donors (Lipinski definition) is 1. The maximum atomic E-state index is 11.8. The Hall–Kier alpha value is -1.71. The fraction of sp³-hybridized carbons (Fsp3) is 0.533. The van der Waals surface area contributed by atoms with E-state index in [4.69, 9.17) is 10.5 Å². The smallest absolute Gasteiger partial charge is 0.225 e. The molecule has 0 bridgehead atoms. The zero-order valence-corrected chi connectivity index (χ0v) is 11.9. The Kier molecular flexibility index (Phi) is 6.79. The number of carbonyl (C=O) groups excluding carboxylic acids is 1. The van der Waals surface area contributed by atoms with E-state index in [1.165, 1.54) is 6.42 Å². The monoisotopic (exact) mass is 264 g/mol. The molecule has 0 radical (unpaired) electrons. The van der Waals surface area contributed by atoms with Crippen molar-refractivity contribution in [3.63, 3.8) is 0 Å². The standard InChI is InChI=1S/C15H24N2O2/c1-3-4-5-10-17(2)15(18)9-11-19-14-8-6-7-13(16)12-14/h6-8,12H,3-5,9-11,16H2,1-2H3. The molecule has 4 heteroatoms. The van der Waals surface area contributed by atoms with Gasteiger partial charge in [0.15, 0.2) is 0 Å². The average molecular weight is 264 g/mol. The van der Waals surface area contributed by atoms with Crippen LogP contribution >= 0.6 is 0 Å². The van der Waals surface area contributed by atoms with Gasteiger partial charge < -0.3 is 15.4 Å². The zero-order chi connectivity index (χ0) is 14.1. The largest absolute Gasteiger partial charge is 0.493 e. The number of nitrogen functional groups attached to an aromatic ring is 1. The minimum absolute atomic E-state index is 0.125. The van der Waals surface area contributed by atoms with Gasteiger partial charge in [-0.25, -0.2) is 0 Å². The summed E-state index contributed by atoms with van der Waals surface area (Å²) in [6.45, 7) is 3.37. The molecule has 0 saturated heterocycles. The Balaban J connectivity index is 2.23. The number of benzene rings is 1. The van der Waals surface area contributed by atoms with Gasteiger partial charge in [0.05, 0.1) is 13.0 Å². The Bertz CT molecular complexity index is 393. The van der Waals surface area contributed by atoms with Crippen molar-refractivity contribution in [2.24, 2.45) is 0 Å². The molecule has 0 atom stereocenters. The molecule has 0 unspecified atom stereocenters. The van der Waals surface area contributed by atoms with Crippen LogP contribution in [0.15, 0.2) is 24.3 Å². The number of carbonyl (C=O) groups is 1. The van der Waals surface area contributed by atoms with Gasteiger partial charge in [0, 0.05) is 25.3 Å². The molecule has 0 fully saturated rings. The first-order valence-electron chi connectivity index (χ1n) is 6.85. The van der Waals surface area contributed by atoms with Crippen molar-refractivity contribution >= 4 is 11.6 Å². The lowest BCUT2D eigenvalue weighted by Gasteiger charge is -2.17. The summed E-state index contributed by atoms with van der Waals surface area (Å²) in [6, 6.07) is 7.24. The first-order valence-corrected chi connectivity index (χ1v) is 6.85. The summed E-state index contributed by atoms with van der Waals surface area (Å²) < 4.78 is 5.51. The van der Waals surface area contributed by atoms with Crippen molar-refractivity contribution in [1.29, 1.82) is 0 Å². The zero-order valence-electron chi connectivity index (χ0n) is 11.9. The maximum Gasteiger partial charge on any atom is 0.225 e. The fourth-order valence-electron chi connectivity index (χ4n) is 1.78. The van der Waals surface area contributed by atoms with Crippen LogP contribution in [0.1, 0.15) is 32.6 Å². The molecule has 4 nitrogen and oxygen atoms in total. The van der Waals surface area contributed by atoms with Gasteiger partial charge in [-0.2, -0.15) is 0 Å². The van der Waals surface area contributed by atoms with Crippen LogP contribution in [0.4, 0.5) is 5.69 Å². The molecule has 19 heavy (non-hydrogen) atoms. The molecular formula is C15H24N2O2. The van der Waals surface area contributed by atoms with E-state index in [1.54, 1.807) is 17.0 Å². The van der Waals surface area contributed by atoms with E-state index in [0.717, 1.165) is 19.4 Å². The van der Waals surface area contributed by atoms with Crippen molar-refractivity contribution in [2.75, 3.05) is 25.9 Å². The first-order chi connectivity index (χ1) is 9.13. The van der Waals surface area contributed by atoms with Gasteiger partial charge in [-0.1, -0.05) is 25.8 Å². The number of nitrogens with two attached hydrogens (primary N) is 1. The Labute approximate surface area is 115 Å². The summed E-state index contributed by atoms with van der Waals surface area (Å²) in [6.07, 6.45) is 3.80. The first kappa shape index (κ1) is 15.3. The highest BCUT2D eigenvalue weighted by Gasteiger charge is 2.08. The van der Waals surface area contributed by atoms with E-state index in [-0.39, 0.29) is 5.91 Å². The number of hydrogen-bond acceptors (Lipinski definition) is 3. The van der Waals surface area contributed by atoms with Crippen LogP contribution in [-0.4, -0.2) is 31.0 Å². The molecule has 0 heterocycles. The lowest BCUT2D eigenvalue weighted by atomic mass is 10.2. The third-order valence-electron chi connectivity index (χ3n) is 2.97. The highest BCUT2D eigenvalue weighted by atomic mass is 16.5. The SMILES string of the molecule is CCCCCN(C)C(=O)CCOc1cccc(N)c1. The number of amides is 1. The molecule has 1 aromatic rings. The number of ether oxygens (including phenoxy) is 1. The second-order valence-electron chi connectivity index (χ2n) is 4.69. The number of nitrogens with zero attached hydrogens (tertiary/aromatic N) is 1. The van der Waals surface area contributed by atoms with Crippen LogP contribution in [0.5, 0.6) is 5.75 Å². The molecule has 2 N–H and O–H groups in total. The van der Waals surface area contributed by atoms with Crippen molar-refractivity contribution in [3.05, 3.63) is 24.3 Å². The molecule has 1 amide bonds. The second kappa shape index (κ2) is 8.40. The van der Waals surface area contributed by atoms with Gasteiger partial charge >= 0.3 is 0 Å². The Morgan fingerprint density at radius 1 is 1.37 bits per heavy atom. The van der Waals surface area contributed by atoms with Crippen LogP contribution in [-0.2, 0) is 4.79 Å². The molecule has 0 spiro atoms. The topological polar surface area (TPSA) is 55.6 Å². The molecule has 0 aliphatic carbocycles. The van der Waals surface area contributed by atoms with E-state index in [9.17, 15) is 4.79 Å². The molecule has 0 aromatic heterocycles. The van der Waals surface area contributed by atoms with E-state index in [2.05, 4.69) is 6.92 Å². The number of rotatable bonds is 8. The van der Waals surface area contributed by atoms with Gasteiger partial charge in [-0.3, -0.25) is 4.79 Å². The molecule has 0 saturated carbocycles. The predicted octanol–water partition coefficient (Wildman–Crippen LogP) is 2.69. The van der Waals surface area contributed by atoms with E-state index in [1.807, 2.05) is 19.2 Å². The summed E-state index contributed by atoms with van der Waals surface area (Å²) in [7, 11) is 1.85. The molecule has 0 aliphatic rings. The quantitative estimate of drug-likeness (QED) is 0.580. The van der Waals surface area contributed by atoms with Crippen molar-refractivity contribution in [2.45, 2.75) is 32.6 Å². The Morgan fingerprint density at radius 3 is 2.84 bits per heavy atom. The number of unbranched alkanes of at least 4 members (excludes halogenated alkanes) is 2. The van der Waals surface area contributed by atoms with Crippen LogP contribution in [0.3, 0.4) is 0 Å². The molecule has 1 aromatic carbocycles. The van der Waals surface area contributed by atoms with Crippen LogP contribution in [0.25, 0.3) is 0 Å². The van der Waals surface area contributed by atoms with E-state index >= 15 is 0 Å². The third-order valence-corrected chi connectivity index (χ3v) is 2.97. The van der Waals surface area contributed by atoms with Crippen LogP contribution in [0, 0.1) is 0 Å². The Morgan fingerprint density at radius 2 is 2.16 bits per heavy atom. The molecular weight excluding hydrogens is 240 g/mol. The lowest BCUT2D eigenvalue weighted by Crippen LogP contribution is -2.28. The van der Waals surface area contributed by atoms with Gasteiger partial charge in [-0.15, -0.1) is 0 Å². The fourth-order valence-corrected chi connectivity index (χ4v) is 1.78. The number of anilines is 1. The summed E-state index contributed by atoms with van der Waals surface area (Å²) in [5.41, 5.74) is 6.32. The van der Waals surface area contributed by atoms with Gasteiger partial charge in [0.25, 0.3) is 0 Å². The van der Waals surface area contributed by atoms with Gasteiger partial charge in [0.2, 0.25) is 5.91 Å². The van der Waals surface area contributed by atoms with E-state index in [0.29, 0.717) is 24.5 Å². The minimum atomic E-state index is 0.125. The van der Waals surface area contributed by atoms with Crippen LogP contribution < -0.4 is 10.5 Å². The third kappa shape index (κ3) is 6.13. The molecule has 1 rings (SSSR count). The summed E-state index contributed by atoms with van der Waals surface area (Å²) in [5.74, 6) is 0.835. The minimum Gasteiger partial charge on any atom is -0.493 e. The van der Waals surface area contributed by atoms with Crippen molar-refractivity contribution < 1.29 is 9.53 Å². The normalized spacial score (nSPS) is 10.2. The average Bonchev–Trinajstić information content (AvgIpc) is 2.39. The molecule has 0 aliphatic heterocycles. The second-order valence-corrected chi connectivity index (χ2v) is 4.69. The van der Waals surface area contributed by atoms with Crippen molar-refractivity contribution in [3.8, 4) is 5.75 Å². The lowest BCUT2D eigenvalue weighted by molar-refractivity contribution is -0.130. The van der Waals surface area contributed by atoms with Crippen molar-refractivity contribution in [1.82, 2.24) is 4.90 Å². The highest BCUT2D eigenvalue weighted by molar-refractivity contribution is 5.75. The summed E-state index contributed by atoms with van der Waals surface area (Å²) in [4.78, 5) is 13.6.